The Morgan fingerprint density at radius 1 is 0.758 bits per heavy atom. The molecule has 0 aromatic heterocycles. The molecule has 5 rings (SSSR count). The lowest BCUT2D eigenvalue weighted by Gasteiger charge is -2.32. The first-order valence-corrected chi connectivity index (χ1v) is 11.3. The van der Waals surface area contributed by atoms with Crippen LogP contribution in [-0.2, 0) is 11.3 Å². The van der Waals surface area contributed by atoms with Crippen molar-refractivity contribution in [3.8, 4) is 5.75 Å². The highest BCUT2D eigenvalue weighted by molar-refractivity contribution is 5.58. The molecule has 2 aliphatic rings. The molecular formula is C29H28N2O2. The summed E-state index contributed by atoms with van der Waals surface area (Å²) < 4.78 is 12.1. The maximum Gasteiger partial charge on any atom is 0.161 e. The Bertz CT molecular complexity index is 1180. The van der Waals surface area contributed by atoms with Gasteiger partial charge in [0, 0.05) is 35.6 Å². The number of anilines is 2. The molecule has 3 aromatic carbocycles. The minimum absolute atomic E-state index is 0.548. The first-order chi connectivity index (χ1) is 16.3. The fraction of sp³-hybridized carbons (Fsp3) is 0.172. The lowest BCUT2D eigenvalue weighted by atomic mass is 10.1. The smallest absolute Gasteiger partial charge is 0.161 e. The van der Waals surface area contributed by atoms with E-state index in [0.29, 0.717) is 13.5 Å². The van der Waals surface area contributed by atoms with E-state index in [1.807, 2.05) is 12.1 Å². The molecule has 0 aliphatic carbocycles. The Morgan fingerprint density at radius 3 is 2.12 bits per heavy atom. The molecule has 0 bridgehead atoms. The predicted octanol–water partition coefficient (Wildman–Crippen LogP) is 6.38. The van der Waals surface area contributed by atoms with E-state index in [1.165, 1.54) is 22.5 Å². The third-order valence-electron chi connectivity index (χ3n) is 6.00. The van der Waals surface area contributed by atoms with Crippen molar-refractivity contribution in [3.63, 3.8) is 0 Å². The van der Waals surface area contributed by atoms with Gasteiger partial charge >= 0.3 is 0 Å². The lowest BCUT2D eigenvalue weighted by Crippen LogP contribution is -2.33. The van der Waals surface area contributed by atoms with Crippen LogP contribution in [0.4, 0.5) is 11.4 Å². The third kappa shape index (κ3) is 4.80. The summed E-state index contributed by atoms with van der Waals surface area (Å²) in [4.78, 5) is 4.48. The number of benzene rings is 3. The van der Waals surface area contributed by atoms with Gasteiger partial charge in [0.15, 0.2) is 13.5 Å². The molecule has 0 atom stereocenters. The molecule has 0 radical (unpaired) electrons. The molecule has 33 heavy (non-hydrogen) atoms. The minimum atomic E-state index is 0.548. The number of rotatable bonds is 4. The molecule has 0 N–H and O–H groups in total. The largest absolute Gasteiger partial charge is 0.473 e. The molecule has 0 spiro atoms. The number of ether oxygens (including phenoxy) is 2. The van der Waals surface area contributed by atoms with Crippen LogP contribution in [-0.4, -0.2) is 20.0 Å². The van der Waals surface area contributed by atoms with Gasteiger partial charge in [0.2, 0.25) is 0 Å². The molecule has 0 amide bonds. The third-order valence-corrected chi connectivity index (χ3v) is 6.00. The van der Waals surface area contributed by atoms with Crippen LogP contribution in [0.5, 0.6) is 5.75 Å². The molecule has 2 heterocycles. The summed E-state index contributed by atoms with van der Waals surface area (Å²) in [6.45, 7) is 4.86. The van der Waals surface area contributed by atoms with Gasteiger partial charge in [0.1, 0.15) is 11.5 Å². The van der Waals surface area contributed by atoms with Gasteiger partial charge in [-0.1, -0.05) is 60.7 Å². The summed E-state index contributed by atoms with van der Waals surface area (Å²) in [5.41, 5.74) is 5.88. The van der Waals surface area contributed by atoms with E-state index in [0.717, 1.165) is 30.2 Å². The molecule has 166 valence electrons. The van der Waals surface area contributed by atoms with Gasteiger partial charge in [-0.3, -0.25) is 0 Å². The van der Waals surface area contributed by atoms with Crippen molar-refractivity contribution in [1.29, 1.82) is 0 Å². The first-order valence-electron chi connectivity index (χ1n) is 11.3. The normalized spacial score (nSPS) is 18.3. The average Bonchev–Trinajstić information content (AvgIpc) is 2.89. The van der Waals surface area contributed by atoms with Crippen LogP contribution in [0, 0.1) is 0 Å². The molecule has 4 nitrogen and oxygen atoms in total. The molecule has 3 aromatic rings. The van der Waals surface area contributed by atoms with Crippen molar-refractivity contribution in [2.75, 3.05) is 29.8 Å². The van der Waals surface area contributed by atoms with Crippen molar-refractivity contribution in [3.05, 3.63) is 120 Å². The van der Waals surface area contributed by atoms with Crippen LogP contribution in [0.15, 0.2) is 108 Å². The summed E-state index contributed by atoms with van der Waals surface area (Å²) in [5, 5.41) is 0. The number of fused-ring (bicyclic) bond motifs is 1. The minimum Gasteiger partial charge on any atom is -0.473 e. The molecule has 1 fully saturated rings. The molecule has 4 heteroatoms. The van der Waals surface area contributed by atoms with Gasteiger partial charge in [-0.15, -0.1) is 0 Å². The maximum atomic E-state index is 6.08. The highest BCUT2D eigenvalue weighted by atomic mass is 16.5. The van der Waals surface area contributed by atoms with Gasteiger partial charge in [-0.25, -0.2) is 0 Å². The summed E-state index contributed by atoms with van der Waals surface area (Å²) in [6, 6.07) is 27.1. The summed E-state index contributed by atoms with van der Waals surface area (Å²) >= 11 is 0. The van der Waals surface area contributed by atoms with Crippen LogP contribution >= 0.6 is 0 Å². The van der Waals surface area contributed by atoms with Crippen LogP contribution < -0.4 is 14.5 Å². The predicted molar refractivity (Wildman–Crippen MR) is 135 cm³/mol. The lowest BCUT2D eigenvalue weighted by molar-refractivity contribution is 0.201. The SMILES string of the molecule is C/C=C1/CN(c2ccccc2)CO/C1=C/C=C/c1ccc2c(c1)CN(c1ccccc1)CO2. The van der Waals surface area contributed by atoms with Crippen molar-refractivity contribution in [2.24, 2.45) is 0 Å². The Hall–Kier alpha value is -3.92. The van der Waals surface area contributed by atoms with E-state index >= 15 is 0 Å². The number of para-hydroxylation sites is 2. The second kappa shape index (κ2) is 9.70. The zero-order valence-electron chi connectivity index (χ0n) is 18.9. The molecule has 2 aliphatic heterocycles. The van der Waals surface area contributed by atoms with Gasteiger partial charge in [-0.05, 0) is 55.0 Å². The van der Waals surface area contributed by atoms with E-state index in [4.69, 9.17) is 9.47 Å². The maximum absolute atomic E-state index is 6.08. The quantitative estimate of drug-likeness (QED) is 0.474. The highest BCUT2D eigenvalue weighted by Gasteiger charge is 2.19. The van der Waals surface area contributed by atoms with Gasteiger partial charge in [0.05, 0.1) is 0 Å². The van der Waals surface area contributed by atoms with E-state index in [2.05, 4.69) is 108 Å². The molecule has 0 saturated carbocycles. The van der Waals surface area contributed by atoms with Crippen LogP contribution in [0.25, 0.3) is 6.08 Å². The van der Waals surface area contributed by atoms with Crippen molar-refractivity contribution in [2.45, 2.75) is 13.5 Å². The van der Waals surface area contributed by atoms with Crippen LogP contribution in [0.3, 0.4) is 0 Å². The average molecular weight is 437 g/mol. The fourth-order valence-corrected chi connectivity index (χ4v) is 4.18. The highest BCUT2D eigenvalue weighted by Crippen LogP contribution is 2.30. The number of hydrogen-bond acceptors (Lipinski definition) is 4. The Labute approximate surface area is 195 Å². The zero-order valence-corrected chi connectivity index (χ0v) is 18.9. The first kappa shape index (κ1) is 21.0. The van der Waals surface area contributed by atoms with Crippen LogP contribution in [0.1, 0.15) is 18.1 Å². The Balaban J connectivity index is 1.27. The summed E-state index contributed by atoms with van der Waals surface area (Å²) in [6.07, 6.45) is 8.37. The van der Waals surface area contributed by atoms with Crippen molar-refractivity contribution < 1.29 is 9.47 Å². The Morgan fingerprint density at radius 2 is 1.42 bits per heavy atom. The monoisotopic (exact) mass is 436 g/mol. The summed E-state index contributed by atoms with van der Waals surface area (Å²) in [7, 11) is 0. The number of allylic oxidation sites excluding steroid dienone is 3. The van der Waals surface area contributed by atoms with Crippen LogP contribution in [0.2, 0.25) is 0 Å². The van der Waals surface area contributed by atoms with E-state index in [9.17, 15) is 0 Å². The van der Waals surface area contributed by atoms with Gasteiger partial charge in [-0.2, -0.15) is 0 Å². The zero-order chi connectivity index (χ0) is 22.5. The molecule has 0 unspecified atom stereocenters. The topological polar surface area (TPSA) is 24.9 Å². The van der Waals surface area contributed by atoms with Gasteiger partial charge in [0.25, 0.3) is 0 Å². The fourth-order valence-electron chi connectivity index (χ4n) is 4.18. The number of hydrogen-bond donors (Lipinski definition) is 0. The van der Waals surface area contributed by atoms with E-state index in [1.54, 1.807) is 0 Å². The molecular weight excluding hydrogens is 408 g/mol. The second-order valence-electron chi connectivity index (χ2n) is 8.18. The standard InChI is InChI=1S/C29H28N2O2/c1-2-24-19-30(26-11-5-3-6-12-26)21-32-28(24)15-9-10-23-16-17-29-25(18-23)20-31(22-33-29)27-13-7-4-8-14-27/h2-18H,19-22H2,1H3/b10-9+,24-2-,28-15+. The second-order valence-corrected chi connectivity index (χ2v) is 8.18. The Kier molecular flexibility index (Phi) is 6.16. The van der Waals surface area contributed by atoms with E-state index in [-0.39, 0.29) is 0 Å². The van der Waals surface area contributed by atoms with Crippen molar-refractivity contribution >= 4 is 17.5 Å². The van der Waals surface area contributed by atoms with E-state index < -0.39 is 0 Å². The summed E-state index contributed by atoms with van der Waals surface area (Å²) in [5.74, 6) is 1.89. The van der Waals surface area contributed by atoms with Gasteiger partial charge < -0.3 is 19.3 Å². The molecule has 1 saturated heterocycles. The van der Waals surface area contributed by atoms with Crippen molar-refractivity contribution in [1.82, 2.24) is 0 Å². The number of nitrogens with zero attached hydrogens (tertiary/aromatic N) is 2.